The number of carbonyl (C=O) groups excluding carboxylic acids is 2. The van der Waals surface area contributed by atoms with Crippen LogP contribution in [0.5, 0.6) is 0 Å². The fourth-order valence-electron chi connectivity index (χ4n) is 3.49. The van der Waals surface area contributed by atoms with Gasteiger partial charge in [0.25, 0.3) is 5.91 Å². The minimum Gasteiger partial charge on any atom is -0.368 e. The van der Waals surface area contributed by atoms with Gasteiger partial charge in [0.15, 0.2) is 5.11 Å². The maximum Gasteiger partial charge on any atom is 0.257 e. The van der Waals surface area contributed by atoms with Crippen molar-refractivity contribution < 1.29 is 9.59 Å². The minimum absolute atomic E-state index is 0.0407. The number of piperazine rings is 1. The van der Waals surface area contributed by atoms with E-state index in [2.05, 4.69) is 36.3 Å². The van der Waals surface area contributed by atoms with E-state index in [0.29, 0.717) is 5.56 Å². The molecule has 1 saturated heterocycles. The van der Waals surface area contributed by atoms with Crippen LogP contribution in [0, 0.1) is 0 Å². The molecule has 1 fully saturated rings. The molecule has 31 heavy (non-hydrogen) atoms. The van der Waals surface area contributed by atoms with E-state index in [-0.39, 0.29) is 22.3 Å². The quantitative estimate of drug-likeness (QED) is 0.714. The number of amides is 2. The predicted octanol–water partition coefficient (Wildman–Crippen LogP) is 3.78. The standard InChI is InChI=1S/C24H30N4O2S/c1-17(29)27-13-15-28(16-14-27)21-11-9-20(10-12-21)25-23(31)26-22(30)18-5-7-19(8-6-18)24(2,3)4/h5-12H,13-16H2,1-4H3,(H2,25,26,30,31). The molecular weight excluding hydrogens is 408 g/mol. The molecule has 1 aliphatic heterocycles. The molecule has 0 bridgehead atoms. The molecule has 6 nitrogen and oxygen atoms in total. The van der Waals surface area contributed by atoms with E-state index in [1.165, 1.54) is 5.56 Å². The Hall–Kier alpha value is -2.93. The average molecular weight is 439 g/mol. The first-order valence-electron chi connectivity index (χ1n) is 10.5. The van der Waals surface area contributed by atoms with E-state index in [9.17, 15) is 9.59 Å². The molecule has 3 rings (SSSR count). The number of benzene rings is 2. The summed E-state index contributed by atoms with van der Waals surface area (Å²) in [5.74, 6) is -0.113. The Morgan fingerprint density at radius 3 is 2.00 bits per heavy atom. The van der Waals surface area contributed by atoms with Crippen molar-refractivity contribution in [1.82, 2.24) is 10.2 Å². The van der Waals surface area contributed by atoms with Gasteiger partial charge in [-0.3, -0.25) is 14.9 Å². The highest BCUT2D eigenvalue weighted by atomic mass is 32.1. The van der Waals surface area contributed by atoms with Gasteiger partial charge in [-0.2, -0.15) is 0 Å². The number of nitrogens with one attached hydrogen (secondary N) is 2. The van der Waals surface area contributed by atoms with E-state index >= 15 is 0 Å². The number of thiocarbonyl (C=S) groups is 1. The van der Waals surface area contributed by atoms with Gasteiger partial charge in [0.1, 0.15) is 0 Å². The Bertz CT molecular complexity index is 941. The Labute approximate surface area is 189 Å². The number of nitrogens with zero attached hydrogens (tertiary/aromatic N) is 2. The number of hydrogen-bond acceptors (Lipinski definition) is 4. The number of rotatable bonds is 3. The zero-order chi connectivity index (χ0) is 22.6. The van der Waals surface area contributed by atoms with Gasteiger partial charge in [0.05, 0.1) is 0 Å². The van der Waals surface area contributed by atoms with Crippen molar-refractivity contribution in [3.63, 3.8) is 0 Å². The van der Waals surface area contributed by atoms with Gasteiger partial charge in [0, 0.05) is 50.0 Å². The third-order valence-electron chi connectivity index (χ3n) is 5.46. The molecule has 0 unspecified atom stereocenters. The maximum atomic E-state index is 12.5. The average Bonchev–Trinajstić information content (AvgIpc) is 2.73. The number of anilines is 2. The molecule has 2 N–H and O–H groups in total. The summed E-state index contributed by atoms with van der Waals surface area (Å²) in [6.45, 7) is 11.1. The van der Waals surface area contributed by atoms with Gasteiger partial charge < -0.3 is 15.1 Å². The van der Waals surface area contributed by atoms with Crippen LogP contribution in [0.15, 0.2) is 48.5 Å². The van der Waals surface area contributed by atoms with Crippen molar-refractivity contribution in [1.29, 1.82) is 0 Å². The molecule has 0 saturated carbocycles. The first-order valence-corrected chi connectivity index (χ1v) is 10.9. The van der Waals surface area contributed by atoms with E-state index in [0.717, 1.165) is 37.6 Å². The van der Waals surface area contributed by atoms with Crippen LogP contribution in [-0.4, -0.2) is 48.0 Å². The van der Waals surface area contributed by atoms with Crippen LogP contribution in [-0.2, 0) is 10.2 Å². The van der Waals surface area contributed by atoms with Crippen molar-refractivity contribution in [2.75, 3.05) is 36.4 Å². The summed E-state index contributed by atoms with van der Waals surface area (Å²) in [5, 5.41) is 6.05. The maximum absolute atomic E-state index is 12.5. The molecule has 0 aromatic heterocycles. The van der Waals surface area contributed by atoms with E-state index in [1.54, 1.807) is 6.92 Å². The highest BCUT2D eigenvalue weighted by Crippen LogP contribution is 2.22. The molecule has 2 aromatic rings. The van der Waals surface area contributed by atoms with Crippen LogP contribution in [0.3, 0.4) is 0 Å². The van der Waals surface area contributed by atoms with Crippen LogP contribution in [0.4, 0.5) is 11.4 Å². The van der Waals surface area contributed by atoms with Gasteiger partial charge >= 0.3 is 0 Å². The summed E-state index contributed by atoms with van der Waals surface area (Å²) in [4.78, 5) is 28.1. The monoisotopic (exact) mass is 438 g/mol. The summed E-state index contributed by atoms with van der Waals surface area (Å²) in [6.07, 6.45) is 0. The smallest absolute Gasteiger partial charge is 0.257 e. The molecule has 2 amide bonds. The van der Waals surface area contributed by atoms with Gasteiger partial charge in [-0.1, -0.05) is 32.9 Å². The highest BCUT2D eigenvalue weighted by Gasteiger charge is 2.19. The Kier molecular flexibility index (Phi) is 6.95. The Balaban J connectivity index is 1.52. The topological polar surface area (TPSA) is 64.7 Å². The third-order valence-corrected chi connectivity index (χ3v) is 5.66. The van der Waals surface area contributed by atoms with Gasteiger partial charge in [-0.25, -0.2) is 0 Å². The van der Waals surface area contributed by atoms with Gasteiger partial charge in [0.2, 0.25) is 5.91 Å². The number of hydrogen-bond donors (Lipinski definition) is 2. The first-order chi connectivity index (χ1) is 14.6. The lowest BCUT2D eigenvalue weighted by Gasteiger charge is -2.35. The second-order valence-corrected chi connectivity index (χ2v) is 9.18. The molecular formula is C24H30N4O2S. The third kappa shape index (κ3) is 6.04. The minimum atomic E-state index is -0.238. The fourth-order valence-corrected chi connectivity index (χ4v) is 3.70. The first kappa shape index (κ1) is 22.7. The highest BCUT2D eigenvalue weighted by molar-refractivity contribution is 7.80. The fraction of sp³-hybridized carbons (Fsp3) is 0.375. The summed E-state index contributed by atoms with van der Waals surface area (Å²) in [5.41, 5.74) is 3.69. The van der Waals surface area contributed by atoms with Gasteiger partial charge in [-0.05, 0) is 59.6 Å². The van der Waals surface area contributed by atoms with Crippen molar-refractivity contribution in [3.8, 4) is 0 Å². The molecule has 1 aliphatic rings. The van der Waals surface area contributed by atoms with E-state index < -0.39 is 0 Å². The van der Waals surface area contributed by atoms with E-state index in [4.69, 9.17) is 12.2 Å². The second kappa shape index (κ2) is 9.47. The lowest BCUT2D eigenvalue weighted by atomic mass is 9.87. The predicted molar refractivity (Wildman–Crippen MR) is 130 cm³/mol. The molecule has 2 aromatic carbocycles. The van der Waals surface area contributed by atoms with Crippen molar-refractivity contribution in [3.05, 3.63) is 59.7 Å². The molecule has 0 radical (unpaired) electrons. The van der Waals surface area contributed by atoms with Crippen molar-refractivity contribution in [2.24, 2.45) is 0 Å². The van der Waals surface area contributed by atoms with Crippen LogP contribution in [0.1, 0.15) is 43.6 Å². The summed E-state index contributed by atoms with van der Waals surface area (Å²) in [6, 6.07) is 15.5. The zero-order valence-corrected chi connectivity index (χ0v) is 19.4. The largest absolute Gasteiger partial charge is 0.368 e. The van der Waals surface area contributed by atoms with Gasteiger partial charge in [-0.15, -0.1) is 0 Å². The summed E-state index contributed by atoms with van der Waals surface area (Å²) < 4.78 is 0. The molecule has 1 heterocycles. The van der Waals surface area contributed by atoms with Crippen LogP contribution < -0.4 is 15.5 Å². The van der Waals surface area contributed by atoms with Crippen LogP contribution >= 0.6 is 12.2 Å². The van der Waals surface area contributed by atoms with Crippen molar-refractivity contribution >= 4 is 40.5 Å². The summed E-state index contributed by atoms with van der Waals surface area (Å²) >= 11 is 5.30. The Morgan fingerprint density at radius 2 is 1.48 bits per heavy atom. The lowest BCUT2D eigenvalue weighted by molar-refractivity contribution is -0.129. The van der Waals surface area contributed by atoms with Crippen LogP contribution in [0.2, 0.25) is 0 Å². The molecule has 0 aliphatic carbocycles. The zero-order valence-electron chi connectivity index (χ0n) is 18.6. The lowest BCUT2D eigenvalue weighted by Crippen LogP contribution is -2.48. The Morgan fingerprint density at radius 1 is 0.903 bits per heavy atom. The van der Waals surface area contributed by atoms with Crippen molar-refractivity contribution in [2.45, 2.75) is 33.1 Å². The summed E-state index contributed by atoms with van der Waals surface area (Å²) in [7, 11) is 0. The normalized spacial score (nSPS) is 14.2. The van der Waals surface area contributed by atoms with Crippen LogP contribution in [0.25, 0.3) is 0 Å². The molecule has 0 atom stereocenters. The SMILES string of the molecule is CC(=O)N1CCN(c2ccc(NC(=S)NC(=O)c3ccc(C(C)(C)C)cc3)cc2)CC1. The molecule has 0 spiro atoms. The molecule has 164 valence electrons. The molecule has 7 heteroatoms. The number of carbonyl (C=O) groups is 2. The second-order valence-electron chi connectivity index (χ2n) is 8.78. The van der Waals surface area contributed by atoms with E-state index in [1.807, 2.05) is 53.4 Å².